The molecule has 0 atom stereocenters. The molecule has 1 heterocycles. The topological polar surface area (TPSA) is 44.1 Å². The van der Waals surface area contributed by atoms with Crippen LogP contribution >= 0.6 is 0 Å². The van der Waals surface area contributed by atoms with Gasteiger partial charge in [0.05, 0.1) is 23.7 Å². The van der Waals surface area contributed by atoms with E-state index in [0.29, 0.717) is 16.7 Å². The molecule has 6 rings (SSSR count). The highest BCUT2D eigenvalue weighted by Crippen LogP contribution is 2.21. The van der Waals surface area contributed by atoms with Crippen LogP contribution in [-0.4, -0.2) is 16.7 Å². The van der Waals surface area contributed by atoms with Gasteiger partial charge in [0.2, 0.25) is 0 Å². The lowest BCUT2D eigenvalue weighted by molar-refractivity contribution is 0.415. The van der Waals surface area contributed by atoms with Crippen LogP contribution in [0, 0.1) is 25.7 Å². The number of aryl methyl sites for hydroxylation is 2. The van der Waals surface area contributed by atoms with Gasteiger partial charge in [0, 0.05) is 11.1 Å². The summed E-state index contributed by atoms with van der Waals surface area (Å²) < 4.78 is 6.95. The third-order valence-corrected chi connectivity index (χ3v) is 7.13. The predicted molar refractivity (Wildman–Crippen MR) is 169 cm³/mol. The van der Waals surface area contributed by atoms with E-state index in [1.165, 1.54) is 16.3 Å². The quantitative estimate of drug-likeness (QED) is 0.218. The molecule has 0 bridgehead atoms. The number of ether oxygens (including phenoxy) is 1. The summed E-state index contributed by atoms with van der Waals surface area (Å²) in [6, 6.07) is 33.8. The van der Waals surface area contributed by atoms with E-state index in [9.17, 15) is 4.79 Å². The minimum absolute atomic E-state index is 0.113. The van der Waals surface area contributed by atoms with Gasteiger partial charge < -0.3 is 4.74 Å². The Hall–Kier alpha value is -5.40. The number of benzene rings is 5. The van der Waals surface area contributed by atoms with Crippen LogP contribution in [0.25, 0.3) is 39.5 Å². The van der Waals surface area contributed by atoms with Crippen molar-refractivity contribution in [2.75, 3.05) is 7.11 Å². The molecule has 41 heavy (non-hydrogen) atoms. The van der Waals surface area contributed by atoms with Crippen molar-refractivity contribution >= 4 is 33.8 Å². The lowest BCUT2D eigenvalue weighted by Gasteiger charge is -2.14. The Morgan fingerprint density at radius 2 is 1.46 bits per heavy atom. The lowest BCUT2D eigenvalue weighted by Crippen LogP contribution is -2.23. The minimum Gasteiger partial charge on any atom is -0.497 e. The highest BCUT2D eigenvalue weighted by Gasteiger charge is 2.13. The second-order valence-electron chi connectivity index (χ2n) is 10.1. The molecule has 0 amide bonds. The number of para-hydroxylation sites is 1. The Morgan fingerprint density at radius 1 is 0.756 bits per heavy atom. The predicted octanol–water partition coefficient (Wildman–Crippen LogP) is 7.73. The first-order valence-electron chi connectivity index (χ1n) is 13.5. The second-order valence-corrected chi connectivity index (χ2v) is 10.1. The maximum atomic E-state index is 13.8. The molecular weight excluding hydrogens is 504 g/mol. The molecule has 0 unspecified atom stereocenters. The molecule has 4 heteroatoms. The summed E-state index contributed by atoms with van der Waals surface area (Å²) in [5.74, 6) is 7.93. The van der Waals surface area contributed by atoms with Gasteiger partial charge in [0.25, 0.3) is 5.56 Å². The molecule has 198 valence electrons. The van der Waals surface area contributed by atoms with Gasteiger partial charge in [-0.1, -0.05) is 72.0 Å². The Morgan fingerprint density at radius 3 is 2.24 bits per heavy atom. The first-order valence-corrected chi connectivity index (χ1v) is 13.5. The number of nitrogens with zero attached hydrogens (tertiary/aromatic N) is 2. The first kappa shape index (κ1) is 25.9. The molecule has 0 spiro atoms. The normalized spacial score (nSPS) is 11.1. The summed E-state index contributed by atoms with van der Waals surface area (Å²) in [4.78, 5) is 18.6. The number of fused-ring (bicyclic) bond motifs is 2. The van der Waals surface area contributed by atoms with Gasteiger partial charge in [0.1, 0.15) is 11.6 Å². The van der Waals surface area contributed by atoms with E-state index in [1.807, 2.05) is 85.8 Å². The van der Waals surface area contributed by atoms with Gasteiger partial charge >= 0.3 is 0 Å². The molecular formula is C37H28N2O2. The fourth-order valence-corrected chi connectivity index (χ4v) is 4.95. The van der Waals surface area contributed by atoms with E-state index < -0.39 is 0 Å². The van der Waals surface area contributed by atoms with Crippen molar-refractivity contribution in [1.82, 2.24) is 9.55 Å². The summed E-state index contributed by atoms with van der Waals surface area (Å²) >= 11 is 0. The van der Waals surface area contributed by atoms with Gasteiger partial charge in [0.15, 0.2) is 0 Å². The summed E-state index contributed by atoms with van der Waals surface area (Å²) in [7, 11) is 1.64. The third kappa shape index (κ3) is 5.39. The van der Waals surface area contributed by atoms with Crippen LogP contribution in [0.15, 0.2) is 108 Å². The van der Waals surface area contributed by atoms with E-state index in [-0.39, 0.29) is 5.56 Å². The van der Waals surface area contributed by atoms with Crippen LogP contribution in [0.4, 0.5) is 0 Å². The summed E-state index contributed by atoms with van der Waals surface area (Å²) in [6.07, 6.45) is 3.83. The molecule has 0 aliphatic carbocycles. The van der Waals surface area contributed by atoms with Crippen LogP contribution in [0.1, 0.15) is 33.6 Å². The zero-order valence-electron chi connectivity index (χ0n) is 23.2. The van der Waals surface area contributed by atoms with Crippen LogP contribution in [0.5, 0.6) is 5.75 Å². The standard InChI is InChI=1S/C37H28N2O2/c1-25-8-16-31-24-29(11-17-30(31)22-25)10-9-28-14-20-35(26(2)23-28)39-36(21-15-27-12-18-32(41-3)19-13-27)38-34-7-5-4-6-33(34)37(39)40/h4-8,11-24H,1-3H3/b21-15+. The fraction of sp³-hybridized carbons (Fsp3) is 0.0811. The highest BCUT2D eigenvalue weighted by molar-refractivity contribution is 5.84. The lowest BCUT2D eigenvalue weighted by atomic mass is 10.0. The second kappa shape index (κ2) is 11.0. The summed E-state index contributed by atoms with van der Waals surface area (Å²) in [5.41, 5.74) is 6.32. The molecule has 1 aromatic heterocycles. The van der Waals surface area contributed by atoms with E-state index >= 15 is 0 Å². The zero-order valence-corrected chi connectivity index (χ0v) is 23.2. The Kier molecular flexibility index (Phi) is 6.93. The van der Waals surface area contributed by atoms with Crippen LogP contribution in [-0.2, 0) is 0 Å². The van der Waals surface area contributed by atoms with E-state index in [0.717, 1.165) is 33.7 Å². The fourth-order valence-electron chi connectivity index (χ4n) is 4.95. The van der Waals surface area contributed by atoms with Crippen molar-refractivity contribution in [2.24, 2.45) is 0 Å². The summed E-state index contributed by atoms with van der Waals surface area (Å²) in [6.45, 7) is 4.10. The van der Waals surface area contributed by atoms with E-state index in [4.69, 9.17) is 9.72 Å². The molecule has 0 radical (unpaired) electrons. The van der Waals surface area contributed by atoms with Crippen molar-refractivity contribution in [1.29, 1.82) is 0 Å². The SMILES string of the molecule is COc1ccc(/C=C/c2nc3ccccc3c(=O)n2-c2ccc(C#Cc3ccc4cc(C)ccc4c3)cc2C)cc1. The Bertz CT molecular complexity index is 2070. The van der Waals surface area contributed by atoms with Gasteiger partial charge in [-0.3, -0.25) is 9.36 Å². The Balaban J connectivity index is 1.39. The zero-order chi connectivity index (χ0) is 28.3. The average molecular weight is 533 g/mol. The van der Waals surface area contributed by atoms with Crippen molar-refractivity contribution in [3.05, 3.63) is 147 Å². The van der Waals surface area contributed by atoms with E-state index in [1.54, 1.807) is 11.7 Å². The van der Waals surface area contributed by atoms with Gasteiger partial charge in [-0.25, -0.2) is 4.98 Å². The average Bonchev–Trinajstić information content (AvgIpc) is 3.00. The van der Waals surface area contributed by atoms with Gasteiger partial charge in [-0.2, -0.15) is 0 Å². The van der Waals surface area contributed by atoms with Crippen molar-refractivity contribution < 1.29 is 4.74 Å². The maximum absolute atomic E-state index is 13.8. The molecule has 0 aliphatic rings. The van der Waals surface area contributed by atoms with Crippen LogP contribution in [0.2, 0.25) is 0 Å². The molecule has 0 fully saturated rings. The number of methoxy groups -OCH3 is 1. The van der Waals surface area contributed by atoms with Crippen molar-refractivity contribution in [3.63, 3.8) is 0 Å². The molecule has 0 aliphatic heterocycles. The molecule has 5 aromatic carbocycles. The smallest absolute Gasteiger partial charge is 0.266 e. The Labute approximate surface area is 239 Å². The minimum atomic E-state index is -0.113. The number of hydrogen-bond donors (Lipinski definition) is 0. The van der Waals surface area contributed by atoms with Gasteiger partial charge in [-0.15, -0.1) is 0 Å². The monoisotopic (exact) mass is 532 g/mol. The number of rotatable bonds is 4. The number of aromatic nitrogens is 2. The first-order chi connectivity index (χ1) is 20.0. The van der Waals surface area contributed by atoms with Crippen molar-refractivity contribution in [2.45, 2.75) is 13.8 Å². The largest absolute Gasteiger partial charge is 0.497 e. The third-order valence-electron chi connectivity index (χ3n) is 7.13. The number of hydrogen-bond acceptors (Lipinski definition) is 3. The molecule has 0 N–H and O–H groups in total. The molecule has 0 saturated carbocycles. The summed E-state index contributed by atoms with van der Waals surface area (Å²) in [5, 5.41) is 2.96. The molecule has 4 nitrogen and oxygen atoms in total. The molecule has 0 saturated heterocycles. The van der Waals surface area contributed by atoms with Crippen LogP contribution < -0.4 is 10.3 Å². The highest BCUT2D eigenvalue weighted by atomic mass is 16.5. The van der Waals surface area contributed by atoms with Gasteiger partial charge in [-0.05, 0) is 96.4 Å². The van der Waals surface area contributed by atoms with E-state index in [2.05, 4.69) is 55.2 Å². The maximum Gasteiger partial charge on any atom is 0.266 e. The van der Waals surface area contributed by atoms with Crippen LogP contribution in [0.3, 0.4) is 0 Å². The molecule has 6 aromatic rings. The van der Waals surface area contributed by atoms with Crippen molar-refractivity contribution in [3.8, 4) is 23.3 Å².